The molecular weight excluding hydrogens is 334 g/mol. The zero-order chi connectivity index (χ0) is 18.9. The van der Waals surface area contributed by atoms with Crippen molar-refractivity contribution in [2.45, 2.75) is 82.8 Å². The fourth-order valence-corrected chi connectivity index (χ4v) is 3.75. The fourth-order valence-electron chi connectivity index (χ4n) is 2.41. The molecule has 140 valence electrons. The topological polar surface area (TPSA) is 66.4 Å². The molecule has 0 saturated carbocycles. The Kier molecular flexibility index (Phi) is 8.64. The van der Waals surface area contributed by atoms with Crippen molar-refractivity contribution in [1.82, 2.24) is 4.72 Å². The second-order valence-electron chi connectivity index (χ2n) is 7.03. The van der Waals surface area contributed by atoms with Gasteiger partial charge >= 0.3 is 0 Å². The molecule has 0 bridgehead atoms. The van der Waals surface area contributed by atoms with E-state index in [1.54, 1.807) is 38.1 Å². The van der Waals surface area contributed by atoms with Crippen LogP contribution in [-0.4, -0.2) is 25.2 Å². The number of sulfonamides is 1. The third-order valence-electron chi connectivity index (χ3n) is 3.85. The number of hydrogen-bond donors (Lipinski definition) is 2. The molecule has 5 heteroatoms. The predicted molar refractivity (Wildman–Crippen MR) is 103 cm³/mol. The van der Waals surface area contributed by atoms with Crippen LogP contribution in [0.2, 0.25) is 0 Å². The molecular formula is C20H31NO3S. The van der Waals surface area contributed by atoms with Gasteiger partial charge in [0.05, 0.1) is 10.4 Å². The molecule has 0 aliphatic heterocycles. The lowest BCUT2D eigenvalue weighted by Gasteiger charge is -2.20. The summed E-state index contributed by atoms with van der Waals surface area (Å²) in [5.74, 6) is 5.63. The first-order valence-corrected chi connectivity index (χ1v) is 10.5. The van der Waals surface area contributed by atoms with Crippen molar-refractivity contribution in [3.63, 3.8) is 0 Å². The number of rotatable bonds is 9. The molecule has 2 N–H and O–H groups in total. The zero-order valence-electron chi connectivity index (χ0n) is 15.8. The van der Waals surface area contributed by atoms with E-state index in [9.17, 15) is 13.5 Å². The van der Waals surface area contributed by atoms with E-state index >= 15 is 0 Å². The van der Waals surface area contributed by atoms with Crippen LogP contribution in [-0.2, 0) is 10.0 Å². The van der Waals surface area contributed by atoms with Crippen LogP contribution in [0.4, 0.5) is 0 Å². The summed E-state index contributed by atoms with van der Waals surface area (Å²) < 4.78 is 27.5. The molecule has 25 heavy (non-hydrogen) atoms. The summed E-state index contributed by atoms with van der Waals surface area (Å²) in [6, 6.07) is 6.67. The minimum Gasteiger partial charge on any atom is -0.380 e. The predicted octanol–water partition coefficient (Wildman–Crippen LogP) is 3.78. The van der Waals surface area contributed by atoms with Gasteiger partial charge in [0.2, 0.25) is 10.0 Å². The zero-order valence-corrected chi connectivity index (χ0v) is 16.6. The van der Waals surface area contributed by atoms with Crippen LogP contribution in [0, 0.1) is 18.8 Å². The van der Waals surface area contributed by atoms with E-state index in [4.69, 9.17) is 0 Å². The Morgan fingerprint density at radius 1 is 1.12 bits per heavy atom. The van der Waals surface area contributed by atoms with Gasteiger partial charge in [-0.05, 0) is 45.7 Å². The Hall–Kier alpha value is -1.35. The van der Waals surface area contributed by atoms with Crippen molar-refractivity contribution in [3.8, 4) is 11.8 Å². The molecule has 0 aromatic heterocycles. The van der Waals surface area contributed by atoms with Crippen LogP contribution in [0.15, 0.2) is 29.2 Å². The largest absolute Gasteiger partial charge is 0.380 e. The number of aliphatic hydroxyl groups is 1. The molecule has 0 amide bonds. The molecule has 1 aromatic carbocycles. The van der Waals surface area contributed by atoms with Gasteiger partial charge in [0.1, 0.15) is 6.10 Å². The van der Waals surface area contributed by atoms with Crippen molar-refractivity contribution in [1.29, 1.82) is 0 Å². The fraction of sp³-hybridized carbons (Fsp3) is 0.600. The Labute approximate surface area is 153 Å². The molecule has 0 aliphatic rings. The van der Waals surface area contributed by atoms with Gasteiger partial charge in [0.15, 0.2) is 0 Å². The van der Waals surface area contributed by atoms with Gasteiger partial charge < -0.3 is 5.11 Å². The maximum atomic E-state index is 12.4. The summed E-state index contributed by atoms with van der Waals surface area (Å²) in [7, 11) is -3.64. The van der Waals surface area contributed by atoms with Crippen LogP contribution in [0.3, 0.4) is 0 Å². The second kappa shape index (κ2) is 9.96. The minimum absolute atomic E-state index is 0.212. The first-order chi connectivity index (χ1) is 11.7. The average Bonchev–Trinajstić information content (AvgIpc) is 2.52. The van der Waals surface area contributed by atoms with Crippen molar-refractivity contribution < 1.29 is 13.5 Å². The van der Waals surface area contributed by atoms with Crippen LogP contribution in [0.25, 0.3) is 0 Å². The third-order valence-corrected chi connectivity index (χ3v) is 5.53. The Morgan fingerprint density at radius 3 is 2.32 bits per heavy atom. The molecule has 1 atom stereocenters. The molecule has 0 radical (unpaired) electrons. The lowest BCUT2D eigenvalue weighted by Crippen LogP contribution is -2.42. The number of unbranched alkanes of at least 4 members (excludes halogenated alkanes) is 4. The SMILES string of the molecule is CCCCCCCC(O)C#CC(C)(C)NS(=O)(=O)c1ccc(C)cc1. The first kappa shape index (κ1) is 21.7. The summed E-state index contributed by atoms with van der Waals surface area (Å²) in [5, 5.41) is 9.96. The average molecular weight is 366 g/mol. The van der Waals surface area contributed by atoms with Crippen LogP contribution in [0.5, 0.6) is 0 Å². The molecule has 0 fully saturated rings. The Bertz CT molecular complexity index is 682. The van der Waals surface area contributed by atoms with E-state index < -0.39 is 21.7 Å². The summed E-state index contributed by atoms with van der Waals surface area (Å²) in [6.07, 6.45) is 5.52. The molecule has 4 nitrogen and oxygen atoms in total. The minimum atomic E-state index is -3.64. The number of hydrogen-bond acceptors (Lipinski definition) is 3. The highest BCUT2D eigenvalue weighted by molar-refractivity contribution is 7.89. The smallest absolute Gasteiger partial charge is 0.241 e. The third kappa shape index (κ3) is 8.53. The van der Waals surface area contributed by atoms with Crippen LogP contribution in [0.1, 0.15) is 64.9 Å². The summed E-state index contributed by atoms with van der Waals surface area (Å²) in [4.78, 5) is 0.212. The number of aryl methyl sites for hydroxylation is 1. The molecule has 0 saturated heterocycles. The van der Waals surface area contributed by atoms with Gasteiger partial charge in [-0.15, -0.1) is 0 Å². The number of nitrogens with one attached hydrogen (secondary N) is 1. The van der Waals surface area contributed by atoms with Crippen molar-refractivity contribution in [2.75, 3.05) is 0 Å². The Morgan fingerprint density at radius 2 is 1.72 bits per heavy atom. The van der Waals surface area contributed by atoms with Crippen molar-refractivity contribution in [3.05, 3.63) is 29.8 Å². The maximum absolute atomic E-state index is 12.4. The highest BCUT2D eigenvalue weighted by atomic mass is 32.2. The lowest BCUT2D eigenvalue weighted by molar-refractivity contribution is 0.217. The van der Waals surface area contributed by atoms with E-state index in [0.717, 1.165) is 18.4 Å². The molecule has 0 spiro atoms. The van der Waals surface area contributed by atoms with Gasteiger partial charge in [-0.2, -0.15) is 4.72 Å². The van der Waals surface area contributed by atoms with Crippen molar-refractivity contribution >= 4 is 10.0 Å². The highest BCUT2D eigenvalue weighted by Crippen LogP contribution is 2.14. The van der Waals surface area contributed by atoms with E-state index in [0.29, 0.717) is 6.42 Å². The highest BCUT2D eigenvalue weighted by Gasteiger charge is 2.24. The van der Waals surface area contributed by atoms with Gasteiger partial charge in [0.25, 0.3) is 0 Å². The van der Waals surface area contributed by atoms with Crippen LogP contribution < -0.4 is 4.72 Å². The summed E-state index contributed by atoms with van der Waals surface area (Å²) >= 11 is 0. The van der Waals surface area contributed by atoms with E-state index in [1.807, 2.05) is 6.92 Å². The van der Waals surface area contributed by atoms with Crippen molar-refractivity contribution in [2.24, 2.45) is 0 Å². The molecule has 1 rings (SSSR count). The second-order valence-corrected chi connectivity index (χ2v) is 8.71. The lowest BCUT2D eigenvalue weighted by atomic mass is 10.1. The molecule has 0 aliphatic carbocycles. The van der Waals surface area contributed by atoms with E-state index in [-0.39, 0.29) is 4.90 Å². The summed E-state index contributed by atoms with van der Waals surface area (Å²) in [6.45, 7) is 7.46. The van der Waals surface area contributed by atoms with Gasteiger partial charge in [0, 0.05) is 0 Å². The van der Waals surface area contributed by atoms with E-state index in [2.05, 4.69) is 23.5 Å². The molecule has 0 heterocycles. The quantitative estimate of drug-likeness (QED) is 0.517. The Balaban J connectivity index is 2.61. The molecule has 1 aromatic rings. The molecule has 1 unspecified atom stereocenters. The van der Waals surface area contributed by atoms with E-state index in [1.165, 1.54) is 19.3 Å². The monoisotopic (exact) mass is 365 g/mol. The van der Waals surface area contributed by atoms with Crippen LogP contribution >= 0.6 is 0 Å². The normalized spacial score (nSPS) is 13.2. The number of benzene rings is 1. The summed E-state index contributed by atoms with van der Waals surface area (Å²) in [5.41, 5.74) is 0.0486. The standard InChI is InChI=1S/C20H31NO3S/c1-5-6-7-8-9-10-18(22)15-16-20(3,4)21-25(23,24)19-13-11-17(2)12-14-19/h11-14,18,21-22H,5-10H2,1-4H3. The van der Waals surface area contributed by atoms with Gasteiger partial charge in [-0.1, -0.05) is 62.1 Å². The van der Waals surface area contributed by atoms with Gasteiger partial charge in [-0.25, -0.2) is 8.42 Å². The first-order valence-electron chi connectivity index (χ1n) is 8.98. The number of aliphatic hydroxyl groups excluding tert-OH is 1. The maximum Gasteiger partial charge on any atom is 0.241 e. The van der Waals surface area contributed by atoms with Gasteiger partial charge in [-0.3, -0.25) is 0 Å².